The summed E-state index contributed by atoms with van der Waals surface area (Å²) in [6.45, 7) is 8.98. The van der Waals surface area contributed by atoms with E-state index in [1.54, 1.807) is 23.8 Å². The second kappa shape index (κ2) is 7.06. The number of ether oxygens (including phenoxy) is 1. The quantitative estimate of drug-likeness (QED) is 0.512. The number of rotatable bonds is 6. The van der Waals surface area contributed by atoms with Gasteiger partial charge in [0.2, 0.25) is 0 Å². The van der Waals surface area contributed by atoms with E-state index < -0.39 is 5.97 Å². The fraction of sp³-hybridized carbons (Fsp3) is 0.421. The number of hydrogen-bond donors (Lipinski definition) is 1. The zero-order valence-electron chi connectivity index (χ0n) is 16.4. The van der Waals surface area contributed by atoms with E-state index in [4.69, 9.17) is 9.72 Å². The molecule has 4 rings (SSSR count). The molecule has 28 heavy (non-hydrogen) atoms. The van der Waals surface area contributed by atoms with E-state index in [0.29, 0.717) is 30.2 Å². The Morgan fingerprint density at radius 1 is 1.14 bits per heavy atom. The number of nitrogens with zero attached hydrogens (tertiary/aromatic N) is 6. The molecular formula is C19H23N7O2. The summed E-state index contributed by atoms with van der Waals surface area (Å²) >= 11 is 0. The molecule has 0 fully saturated rings. The molecule has 4 aromatic rings. The molecular weight excluding hydrogens is 358 g/mol. The number of esters is 1. The smallest absolute Gasteiger partial charge is 0.343 e. The molecule has 0 aliphatic carbocycles. The van der Waals surface area contributed by atoms with E-state index in [0.717, 1.165) is 28.4 Å². The molecule has 4 heterocycles. The van der Waals surface area contributed by atoms with E-state index in [1.807, 2.05) is 11.6 Å². The molecule has 1 N–H and O–H groups in total. The van der Waals surface area contributed by atoms with Crippen LogP contribution in [0.25, 0.3) is 27.6 Å². The van der Waals surface area contributed by atoms with Crippen molar-refractivity contribution in [2.24, 2.45) is 0 Å². The zero-order valence-corrected chi connectivity index (χ0v) is 16.4. The van der Waals surface area contributed by atoms with Crippen molar-refractivity contribution >= 4 is 39.4 Å². The maximum Gasteiger partial charge on any atom is 0.343 e. The van der Waals surface area contributed by atoms with Gasteiger partial charge in [0.15, 0.2) is 11.3 Å². The molecule has 1 atom stereocenters. The van der Waals surface area contributed by atoms with Crippen molar-refractivity contribution in [2.75, 3.05) is 11.9 Å². The van der Waals surface area contributed by atoms with Crippen LogP contribution in [0.4, 0.5) is 5.82 Å². The Bertz CT molecular complexity index is 1180. The number of hydrogen-bond acceptors (Lipinski definition) is 7. The van der Waals surface area contributed by atoms with Crippen molar-refractivity contribution in [3.63, 3.8) is 0 Å². The number of carbonyl (C=O) groups excluding carboxylic acids is 1. The topological polar surface area (TPSA) is 99.2 Å². The average molecular weight is 381 g/mol. The van der Waals surface area contributed by atoms with Crippen LogP contribution in [0.1, 0.15) is 44.5 Å². The summed E-state index contributed by atoms with van der Waals surface area (Å²) in [7, 11) is 0. The molecule has 0 spiro atoms. The van der Waals surface area contributed by atoms with Crippen molar-refractivity contribution in [1.29, 1.82) is 0 Å². The molecule has 0 aliphatic rings. The molecule has 0 saturated carbocycles. The summed E-state index contributed by atoms with van der Waals surface area (Å²) in [4.78, 5) is 21.7. The van der Waals surface area contributed by atoms with Crippen LogP contribution in [0.5, 0.6) is 0 Å². The lowest BCUT2D eigenvalue weighted by Gasteiger charge is -2.15. The van der Waals surface area contributed by atoms with Gasteiger partial charge in [0.25, 0.3) is 0 Å². The zero-order chi connectivity index (χ0) is 19.8. The van der Waals surface area contributed by atoms with Crippen molar-refractivity contribution in [2.45, 2.75) is 46.7 Å². The molecule has 0 radical (unpaired) electrons. The first-order chi connectivity index (χ1) is 13.6. The Hall–Kier alpha value is -3.23. The summed E-state index contributed by atoms with van der Waals surface area (Å²) in [6.07, 6.45) is 6.01. The Balaban J connectivity index is 2.08. The molecule has 0 aromatic carbocycles. The average Bonchev–Trinajstić information content (AvgIpc) is 3.31. The summed E-state index contributed by atoms with van der Waals surface area (Å²) in [5.41, 5.74) is 2.37. The summed E-state index contributed by atoms with van der Waals surface area (Å²) in [5, 5.41) is 14.0. The molecule has 0 bridgehead atoms. The van der Waals surface area contributed by atoms with E-state index in [-0.39, 0.29) is 6.04 Å². The first-order valence-electron chi connectivity index (χ1n) is 9.54. The number of carbonyl (C=O) groups is 1. The van der Waals surface area contributed by atoms with Crippen molar-refractivity contribution < 1.29 is 9.53 Å². The third kappa shape index (κ3) is 2.74. The maximum atomic E-state index is 12.4. The van der Waals surface area contributed by atoms with Gasteiger partial charge in [-0.15, -0.1) is 0 Å². The van der Waals surface area contributed by atoms with Gasteiger partial charge in [-0.2, -0.15) is 10.2 Å². The number of aryl methyl sites for hydroxylation is 1. The van der Waals surface area contributed by atoms with Crippen molar-refractivity contribution in [3.8, 4) is 0 Å². The highest BCUT2D eigenvalue weighted by molar-refractivity contribution is 6.08. The number of nitrogens with one attached hydrogen (secondary N) is 1. The predicted octanol–water partition coefficient (Wildman–Crippen LogP) is 3.03. The normalized spacial score (nSPS) is 12.7. The highest BCUT2D eigenvalue weighted by atomic mass is 16.5. The standard InChI is InChI=1S/C19H23N7O2/c1-5-11(4)23-16-12-8-20-17-13(9-21-25(17)6-2)15(12)26-18(24-16)14(10-22-26)19(27)28-7-3/h8-11H,5-7H2,1-4H3,(H,23,24). The van der Waals surface area contributed by atoms with Crippen LogP contribution in [0, 0.1) is 0 Å². The van der Waals surface area contributed by atoms with Crippen LogP contribution in [0.3, 0.4) is 0 Å². The minimum Gasteiger partial charge on any atom is -0.462 e. The monoisotopic (exact) mass is 381 g/mol. The van der Waals surface area contributed by atoms with Crippen LogP contribution < -0.4 is 5.32 Å². The fourth-order valence-electron chi connectivity index (χ4n) is 3.22. The van der Waals surface area contributed by atoms with Crippen LogP contribution in [-0.2, 0) is 11.3 Å². The number of fused-ring (bicyclic) bond motifs is 5. The number of anilines is 1. The van der Waals surface area contributed by atoms with E-state index in [2.05, 4.69) is 34.3 Å². The molecule has 9 nitrogen and oxygen atoms in total. The van der Waals surface area contributed by atoms with Gasteiger partial charge in [0, 0.05) is 18.8 Å². The Morgan fingerprint density at radius 3 is 2.68 bits per heavy atom. The van der Waals surface area contributed by atoms with Crippen LogP contribution in [-0.4, -0.2) is 48.0 Å². The minimum absolute atomic E-state index is 0.209. The van der Waals surface area contributed by atoms with Crippen LogP contribution in [0.15, 0.2) is 18.6 Å². The molecule has 146 valence electrons. The number of aromatic nitrogens is 6. The molecule has 9 heteroatoms. The van der Waals surface area contributed by atoms with Gasteiger partial charge >= 0.3 is 5.97 Å². The largest absolute Gasteiger partial charge is 0.462 e. The van der Waals surface area contributed by atoms with Gasteiger partial charge in [-0.1, -0.05) is 6.92 Å². The third-order valence-electron chi connectivity index (χ3n) is 4.86. The molecule has 1 unspecified atom stereocenters. The first kappa shape index (κ1) is 18.1. The first-order valence-corrected chi connectivity index (χ1v) is 9.54. The van der Waals surface area contributed by atoms with Gasteiger partial charge in [0.05, 0.1) is 35.3 Å². The lowest BCUT2D eigenvalue weighted by molar-refractivity contribution is 0.0528. The van der Waals surface area contributed by atoms with Gasteiger partial charge in [-0.3, -0.25) is 0 Å². The van der Waals surface area contributed by atoms with E-state index in [9.17, 15) is 4.79 Å². The van der Waals surface area contributed by atoms with Gasteiger partial charge in [-0.05, 0) is 27.2 Å². The molecule has 0 aliphatic heterocycles. The third-order valence-corrected chi connectivity index (χ3v) is 4.86. The highest BCUT2D eigenvalue weighted by Gasteiger charge is 2.21. The summed E-state index contributed by atoms with van der Waals surface area (Å²) in [6, 6.07) is 0.209. The van der Waals surface area contributed by atoms with Crippen LogP contribution in [0.2, 0.25) is 0 Å². The van der Waals surface area contributed by atoms with Gasteiger partial charge < -0.3 is 10.1 Å². The minimum atomic E-state index is -0.437. The molecule has 0 saturated heterocycles. The van der Waals surface area contributed by atoms with E-state index >= 15 is 0 Å². The lowest BCUT2D eigenvalue weighted by Crippen LogP contribution is -2.16. The summed E-state index contributed by atoms with van der Waals surface area (Å²) in [5.74, 6) is 0.231. The Kier molecular flexibility index (Phi) is 4.58. The van der Waals surface area contributed by atoms with Gasteiger partial charge in [0.1, 0.15) is 11.4 Å². The lowest BCUT2D eigenvalue weighted by atomic mass is 10.2. The maximum absolute atomic E-state index is 12.4. The highest BCUT2D eigenvalue weighted by Crippen LogP contribution is 2.30. The van der Waals surface area contributed by atoms with Crippen LogP contribution >= 0.6 is 0 Å². The second-order valence-electron chi connectivity index (χ2n) is 6.65. The number of pyridine rings is 1. The SMILES string of the molecule is CCOC(=O)c1cnn2c1nc(NC(C)CC)c1cnc3c(cnn3CC)c12. The molecule has 0 amide bonds. The van der Waals surface area contributed by atoms with E-state index in [1.165, 1.54) is 6.20 Å². The van der Waals surface area contributed by atoms with Gasteiger partial charge in [-0.25, -0.2) is 24.0 Å². The summed E-state index contributed by atoms with van der Waals surface area (Å²) < 4.78 is 8.68. The predicted molar refractivity (Wildman–Crippen MR) is 107 cm³/mol. The molecule has 4 aromatic heterocycles. The van der Waals surface area contributed by atoms with Crippen molar-refractivity contribution in [3.05, 3.63) is 24.2 Å². The Labute approximate surface area is 161 Å². The fourth-order valence-corrected chi connectivity index (χ4v) is 3.22. The second-order valence-corrected chi connectivity index (χ2v) is 6.65. The Morgan fingerprint density at radius 2 is 1.96 bits per heavy atom. The van der Waals surface area contributed by atoms with Crippen molar-refractivity contribution in [1.82, 2.24) is 29.4 Å².